The van der Waals surface area contributed by atoms with Crippen molar-refractivity contribution in [2.75, 3.05) is 6.61 Å². The summed E-state index contributed by atoms with van der Waals surface area (Å²) in [5.41, 5.74) is 1.11. The minimum Gasteiger partial charge on any atom is -0.465 e. The van der Waals surface area contributed by atoms with Gasteiger partial charge in [-0.25, -0.2) is 0 Å². The molecule has 88 valence electrons. The van der Waals surface area contributed by atoms with E-state index in [0.717, 1.165) is 18.4 Å². The average molecular weight is 238 g/mol. The Morgan fingerprint density at radius 3 is 2.69 bits per heavy atom. The Kier molecular flexibility index (Phi) is 6.01. The topological polar surface area (TPSA) is 26.3 Å². The lowest BCUT2D eigenvalue weighted by Gasteiger charge is -2.10. The van der Waals surface area contributed by atoms with Gasteiger partial charge in [-0.15, -0.1) is 0 Å². The molecule has 0 bridgehead atoms. The summed E-state index contributed by atoms with van der Waals surface area (Å²) in [5, 5.41) is -0.362. The molecule has 0 saturated heterocycles. The number of unbranched alkanes of at least 4 members (excludes halogenated alkanes) is 1. The van der Waals surface area contributed by atoms with Gasteiger partial charge in [0.15, 0.2) is 0 Å². The predicted molar refractivity (Wildman–Crippen MR) is 68.8 cm³/mol. The molecule has 3 heteroatoms. The molecule has 0 heterocycles. The highest BCUT2D eigenvalue weighted by atomic mass is 32.1. The summed E-state index contributed by atoms with van der Waals surface area (Å²) in [5.74, 6) is -0.222. The molecule has 0 aliphatic rings. The molecule has 1 unspecified atom stereocenters. The van der Waals surface area contributed by atoms with Crippen LogP contribution in [0.15, 0.2) is 30.3 Å². The molecule has 0 N–H and O–H groups in total. The lowest BCUT2D eigenvalue weighted by Crippen LogP contribution is -2.20. The smallest absolute Gasteiger partial charge is 0.319 e. The first-order chi connectivity index (χ1) is 7.74. The lowest BCUT2D eigenvalue weighted by molar-refractivity contribution is -0.143. The molecule has 16 heavy (non-hydrogen) atoms. The number of thiol groups is 1. The van der Waals surface area contributed by atoms with Crippen molar-refractivity contribution in [2.24, 2.45) is 0 Å². The summed E-state index contributed by atoms with van der Waals surface area (Å²) in [6, 6.07) is 9.85. The number of hydrogen-bond donors (Lipinski definition) is 1. The van der Waals surface area contributed by atoms with Gasteiger partial charge in [0.2, 0.25) is 0 Å². The van der Waals surface area contributed by atoms with Gasteiger partial charge in [0.1, 0.15) is 5.25 Å². The van der Waals surface area contributed by atoms with Crippen LogP contribution in [-0.4, -0.2) is 17.8 Å². The Morgan fingerprint density at radius 1 is 1.38 bits per heavy atom. The van der Waals surface area contributed by atoms with Gasteiger partial charge in [-0.3, -0.25) is 4.79 Å². The largest absolute Gasteiger partial charge is 0.465 e. The van der Waals surface area contributed by atoms with Crippen molar-refractivity contribution < 1.29 is 9.53 Å². The summed E-state index contributed by atoms with van der Waals surface area (Å²) < 4.78 is 5.10. The second kappa shape index (κ2) is 7.34. The average Bonchev–Trinajstić information content (AvgIpc) is 2.30. The van der Waals surface area contributed by atoms with Crippen LogP contribution in [0.5, 0.6) is 0 Å². The first-order valence-corrected chi connectivity index (χ1v) is 6.14. The molecule has 0 radical (unpaired) electrons. The van der Waals surface area contributed by atoms with Crippen LogP contribution in [0, 0.1) is 0 Å². The van der Waals surface area contributed by atoms with Crippen molar-refractivity contribution in [1.82, 2.24) is 0 Å². The second-order valence-electron chi connectivity index (χ2n) is 3.73. The van der Waals surface area contributed by atoms with Crippen LogP contribution in [-0.2, 0) is 16.0 Å². The number of ether oxygens (including phenoxy) is 1. The Hall–Kier alpha value is -0.960. The van der Waals surface area contributed by atoms with Crippen molar-refractivity contribution in [3.63, 3.8) is 0 Å². The van der Waals surface area contributed by atoms with E-state index in [1.54, 1.807) is 0 Å². The van der Waals surface area contributed by atoms with Gasteiger partial charge < -0.3 is 4.74 Å². The molecule has 1 atom stereocenters. The maximum Gasteiger partial charge on any atom is 0.319 e. The van der Waals surface area contributed by atoms with E-state index in [1.807, 2.05) is 30.3 Å². The fraction of sp³-hybridized carbons (Fsp3) is 0.462. The minimum absolute atomic E-state index is 0.222. The number of rotatable bonds is 6. The van der Waals surface area contributed by atoms with Crippen molar-refractivity contribution in [3.05, 3.63) is 35.9 Å². The fourth-order valence-electron chi connectivity index (χ4n) is 1.33. The molecular formula is C13H18O2S. The molecule has 2 nitrogen and oxygen atoms in total. The molecule has 0 aliphatic carbocycles. The minimum atomic E-state index is -0.362. The van der Waals surface area contributed by atoms with Crippen LogP contribution >= 0.6 is 12.6 Å². The highest BCUT2D eigenvalue weighted by molar-refractivity contribution is 7.81. The van der Waals surface area contributed by atoms with Crippen molar-refractivity contribution in [1.29, 1.82) is 0 Å². The normalized spacial score (nSPS) is 12.1. The van der Waals surface area contributed by atoms with Crippen molar-refractivity contribution in [3.8, 4) is 0 Å². The van der Waals surface area contributed by atoms with Crippen molar-refractivity contribution in [2.45, 2.75) is 31.4 Å². The van der Waals surface area contributed by atoms with E-state index in [0.29, 0.717) is 13.0 Å². The van der Waals surface area contributed by atoms with E-state index in [-0.39, 0.29) is 11.2 Å². The molecule has 0 aromatic heterocycles. The van der Waals surface area contributed by atoms with Crippen molar-refractivity contribution >= 4 is 18.6 Å². The van der Waals surface area contributed by atoms with E-state index in [9.17, 15) is 4.79 Å². The standard InChI is InChI=1S/C13H18O2S/c1-2-3-9-15-13(14)12(16)10-11-7-5-4-6-8-11/h4-8,12,16H,2-3,9-10H2,1H3. The Labute approximate surface area is 102 Å². The monoisotopic (exact) mass is 238 g/mol. The fourth-order valence-corrected chi connectivity index (χ4v) is 1.62. The summed E-state index contributed by atoms with van der Waals surface area (Å²) in [6.07, 6.45) is 2.57. The van der Waals surface area contributed by atoms with Crippen LogP contribution in [0.3, 0.4) is 0 Å². The molecule has 0 spiro atoms. The quantitative estimate of drug-likeness (QED) is 0.468. The lowest BCUT2D eigenvalue weighted by atomic mass is 10.1. The van der Waals surface area contributed by atoms with Crippen LogP contribution in [0.1, 0.15) is 25.3 Å². The molecule has 0 saturated carbocycles. The van der Waals surface area contributed by atoms with Gasteiger partial charge in [-0.2, -0.15) is 12.6 Å². The summed E-state index contributed by atoms with van der Waals surface area (Å²) in [7, 11) is 0. The van der Waals surface area contributed by atoms with E-state index in [1.165, 1.54) is 0 Å². The van der Waals surface area contributed by atoms with E-state index < -0.39 is 0 Å². The Bertz CT molecular complexity index is 311. The van der Waals surface area contributed by atoms with Crippen LogP contribution < -0.4 is 0 Å². The van der Waals surface area contributed by atoms with Gasteiger partial charge in [0, 0.05) is 0 Å². The predicted octanol–water partition coefficient (Wildman–Crippen LogP) is 2.87. The number of carbonyl (C=O) groups excluding carboxylic acids is 1. The summed E-state index contributed by atoms with van der Waals surface area (Å²) >= 11 is 4.26. The number of carbonyl (C=O) groups is 1. The first-order valence-electron chi connectivity index (χ1n) is 5.62. The molecule has 0 fully saturated rings. The maximum atomic E-state index is 11.5. The zero-order chi connectivity index (χ0) is 11.8. The number of esters is 1. The van der Waals surface area contributed by atoms with Crippen LogP contribution in [0.2, 0.25) is 0 Å². The third kappa shape index (κ3) is 4.71. The third-order valence-corrected chi connectivity index (χ3v) is 2.68. The zero-order valence-electron chi connectivity index (χ0n) is 9.56. The molecule has 1 aromatic rings. The third-order valence-electron chi connectivity index (χ3n) is 2.29. The summed E-state index contributed by atoms with van der Waals surface area (Å²) in [6.45, 7) is 2.57. The molecular weight excluding hydrogens is 220 g/mol. The van der Waals surface area contributed by atoms with Gasteiger partial charge in [0.05, 0.1) is 6.61 Å². The van der Waals surface area contributed by atoms with Crippen LogP contribution in [0.25, 0.3) is 0 Å². The first kappa shape index (κ1) is 13.1. The van der Waals surface area contributed by atoms with E-state index in [4.69, 9.17) is 4.74 Å². The molecule has 1 rings (SSSR count). The zero-order valence-corrected chi connectivity index (χ0v) is 10.5. The number of benzene rings is 1. The van der Waals surface area contributed by atoms with E-state index in [2.05, 4.69) is 19.6 Å². The molecule has 0 amide bonds. The van der Waals surface area contributed by atoms with Gasteiger partial charge >= 0.3 is 5.97 Å². The summed E-state index contributed by atoms with van der Waals surface area (Å²) in [4.78, 5) is 11.5. The van der Waals surface area contributed by atoms with Gasteiger partial charge in [-0.1, -0.05) is 43.7 Å². The highest BCUT2D eigenvalue weighted by Gasteiger charge is 2.15. The Morgan fingerprint density at radius 2 is 2.06 bits per heavy atom. The maximum absolute atomic E-state index is 11.5. The molecule has 1 aromatic carbocycles. The SMILES string of the molecule is CCCCOC(=O)C(S)Cc1ccccc1. The second-order valence-corrected chi connectivity index (χ2v) is 4.35. The highest BCUT2D eigenvalue weighted by Crippen LogP contribution is 2.09. The molecule has 0 aliphatic heterocycles. The number of hydrogen-bond acceptors (Lipinski definition) is 3. The van der Waals surface area contributed by atoms with Gasteiger partial charge in [0.25, 0.3) is 0 Å². The van der Waals surface area contributed by atoms with E-state index >= 15 is 0 Å². The van der Waals surface area contributed by atoms with Crippen LogP contribution in [0.4, 0.5) is 0 Å². The van der Waals surface area contributed by atoms with Gasteiger partial charge in [-0.05, 0) is 18.4 Å². The Balaban J connectivity index is 2.34.